The maximum absolute atomic E-state index is 11.6. The first-order chi connectivity index (χ1) is 10.1. The second-order valence-electron chi connectivity index (χ2n) is 5.24. The second-order valence-corrected chi connectivity index (χ2v) is 5.24. The molecule has 2 amide bonds. The van der Waals surface area contributed by atoms with E-state index in [4.69, 9.17) is 5.73 Å². The minimum atomic E-state index is -0.399. The van der Waals surface area contributed by atoms with E-state index in [1.54, 1.807) is 12.1 Å². The molecule has 0 bridgehead atoms. The lowest BCUT2D eigenvalue weighted by Crippen LogP contribution is -2.52. The van der Waals surface area contributed by atoms with Crippen molar-refractivity contribution < 1.29 is 14.3 Å². The number of benzene rings is 1. The number of methoxy groups -OCH3 is 1. The Labute approximate surface area is 122 Å². The largest absolute Gasteiger partial charge is 0.465 e. The van der Waals surface area contributed by atoms with Crippen molar-refractivity contribution in [2.45, 2.75) is 6.04 Å². The molecule has 2 aliphatic heterocycles. The predicted molar refractivity (Wildman–Crippen MR) is 78.3 cm³/mol. The Kier molecular flexibility index (Phi) is 3.32. The number of piperazine rings is 1. The van der Waals surface area contributed by atoms with E-state index in [-0.39, 0.29) is 12.1 Å². The van der Waals surface area contributed by atoms with Crippen LogP contribution in [0.3, 0.4) is 0 Å². The topological polar surface area (TPSA) is 87.9 Å². The molecule has 112 valence electrons. The first-order valence-electron chi connectivity index (χ1n) is 6.87. The Balaban J connectivity index is 1.78. The normalized spacial score (nSPS) is 21.0. The molecule has 2 fully saturated rings. The van der Waals surface area contributed by atoms with Crippen LogP contribution < -0.4 is 16.0 Å². The van der Waals surface area contributed by atoms with Gasteiger partial charge in [0.1, 0.15) is 0 Å². The Morgan fingerprint density at radius 2 is 2.24 bits per heavy atom. The number of carbonyl (C=O) groups excluding carboxylic acids is 2. The van der Waals surface area contributed by atoms with Gasteiger partial charge in [-0.25, -0.2) is 9.59 Å². The molecule has 0 aromatic heterocycles. The Hall–Kier alpha value is -2.44. The van der Waals surface area contributed by atoms with Gasteiger partial charge in [0.05, 0.1) is 30.1 Å². The zero-order valence-corrected chi connectivity index (χ0v) is 11.8. The van der Waals surface area contributed by atoms with Crippen molar-refractivity contribution in [2.75, 3.05) is 43.9 Å². The molecule has 1 aromatic carbocycles. The molecule has 1 atom stereocenters. The molecular weight excluding hydrogens is 272 g/mol. The fourth-order valence-corrected chi connectivity index (χ4v) is 2.91. The monoisotopic (exact) mass is 290 g/mol. The summed E-state index contributed by atoms with van der Waals surface area (Å²) in [4.78, 5) is 27.1. The van der Waals surface area contributed by atoms with Gasteiger partial charge in [0.15, 0.2) is 0 Å². The maximum Gasteiger partial charge on any atom is 0.337 e. The van der Waals surface area contributed by atoms with Gasteiger partial charge in [0.2, 0.25) is 0 Å². The smallest absolute Gasteiger partial charge is 0.337 e. The van der Waals surface area contributed by atoms with E-state index in [1.165, 1.54) is 7.11 Å². The number of carbonyl (C=O) groups is 2. The lowest BCUT2D eigenvalue weighted by Gasteiger charge is -2.38. The van der Waals surface area contributed by atoms with E-state index in [1.807, 2.05) is 11.0 Å². The van der Waals surface area contributed by atoms with Gasteiger partial charge in [0, 0.05) is 26.2 Å². The molecule has 3 N–H and O–H groups in total. The fourth-order valence-electron chi connectivity index (χ4n) is 2.91. The van der Waals surface area contributed by atoms with Crippen molar-refractivity contribution in [2.24, 2.45) is 0 Å². The molecule has 0 radical (unpaired) electrons. The van der Waals surface area contributed by atoms with Gasteiger partial charge in [-0.1, -0.05) is 0 Å². The summed E-state index contributed by atoms with van der Waals surface area (Å²) >= 11 is 0. The molecule has 2 saturated heterocycles. The molecule has 0 spiro atoms. The summed E-state index contributed by atoms with van der Waals surface area (Å²) < 4.78 is 4.68. The highest BCUT2D eigenvalue weighted by atomic mass is 16.5. The number of nitrogens with two attached hydrogens (primary N) is 1. The highest BCUT2D eigenvalue weighted by molar-refractivity contribution is 5.92. The number of hydrogen-bond acceptors (Lipinski definition) is 5. The minimum Gasteiger partial charge on any atom is -0.465 e. The van der Waals surface area contributed by atoms with Crippen LogP contribution in [0.5, 0.6) is 0 Å². The van der Waals surface area contributed by atoms with Gasteiger partial charge >= 0.3 is 12.0 Å². The Morgan fingerprint density at radius 1 is 1.43 bits per heavy atom. The van der Waals surface area contributed by atoms with Gasteiger partial charge in [-0.3, -0.25) is 0 Å². The van der Waals surface area contributed by atoms with E-state index in [9.17, 15) is 9.59 Å². The summed E-state index contributed by atoms with van der Waals surface area (Å²) in [6.45, 7) is 2.80. The number of ether oxygens (including phenoxy) is 1. The number of esters is 1. The van der Waals surface area contributed by atoms with Gasteiger partial charge in [-0.15, -0.1) is 0 Å². The third-order valence-electron chi connectivity index (χ3n) is 4.02. The van der Waals surface area contributed by atoms with Crippen molar-refractivity contribution in [1.29, 1.82) is 0 Å². The van der Waals surface area contributed by atoms with E-state index in [0.29, 0.717) is 24.3 Å². The number of rotatable bonds is 2. The standard InChI is InChI=1S/C14H18N4O3/c1-21-13(19)9-2-3-12(11(15)6-9)17-4-5-18-10(8-17)7-16-14(18)20/h2-3,6,10H,4-5,7-8,15H2,1H3,(H,16,20). The van der Waals surface area contributed by atoms with Crippen molar-refractivity contribution in [1.82, 2.24) is 10.2 Å². The lowest BCUT2D eigenvalue weighted by molar-refractivity contribution is 0.0601. The van der Waals surface area contributed by atoms with Crippen molar-refractivity contribution in [3.05, 3.63) is 23.8 Å². The molecular formula is C14H18N4O3. The second kappa shape index (κ2) is 5.16. The number of nitrogens with zero attached hydrogens (tertiary/aromatic N) is 2. The molecule has 1 aromatic rings. The Bertz CT molecular complexity index is 590. The summed E-state index contributed by atoms with van der Waals surface area (Å²) in [5.41, 5.74) is 7.94. The molecule has 21 heavy (non-hydrogen) atoms. The van der Waals surface area contributed by atoms with Crippen molar-refractivity contribution in [3.63, 3.8) is 0 Å². The van der Waals surface area contributed by atoms with Crippen LogP contribution in [0.4, 0.5) is 16.2 Å². The minimum absolute atomic E-state index is 0.00802. The fraction of sp³-hybridized carbons (Fsp3) is 0.429. The molecule has 3 rings (SSSR count). The predicted octanol–water partition coefficient (Wildman–Crippen LogP) is 0.269. The highest BCUT2D eigenvalue weighted by Crippen LogP contribution is 2.27. The van der Waals surface area contributed by atoms with Crippen molar-refractivity contribution in [3.8, 4) is 0 Å². The number of nitrogens with one attached hydrogen (secondary N) is 1. The summed E-state index contributed by atoms with van der Waals surface area (Å²) in [5.74, 6) is -0.399. The molecule has 7 nitrogen and oxygen atoms in total. The Morgan fingerprint density at radius 3 is 2.95 bits per heavy atom. The number of nitrogen functional groups attached to an aromatic ring is 1. The highest BCUT2D eigenvalue weighted by Gasteiger charge is 2.35. The van der Waals surface area contributed by atoms with Gasteiger partial charge in [-0.05, 0) is 18.2 Å². The van der Waals surface area contributed by atoms with Gasteiger partial charge < -0.3 is 25.6 Å². The first-order valence-corrected chi connectivity index (χ1v) is 6.87. The molecule has 0 saturated carbocycles. The van der Waals surface area contributed by atoms with Crippen LogP contribution in [-0.2, 0) is 4.74 Å². The zero-order chi connectivity index (χ0) is 15.0. The van der Waals surface area contributed by atoms with Crippen LogP contribution in [0, 0.1) is 0 Å². The summed E-state index contributed by atoms with van der Waals surface area (Å²) in [7, 11) is 1.34. The zero-order valence-electron chi connectivity index (χ0n) is 11.8. The van der Waals surface area contributed by atoms with E-state index in [0.717, 1.165) is 18.8 Å². The van der Waals surface area contributed by atoms with E-state index in [2.05, 4.69) is 15.0 Å². The van der Waals surface area contributed by atoms with E-state index < -0.39 is 5.97 Å². The van der Waals surface area contributed by atoms with Gasteiger partial charge in [0.25, 0.3) is 0 Å². The summed E-state index contributed by atoms with van der Waals surface area (Å²) in [5, 5.41) is 2.85. The SMILES string of the molecule is COC(=O)c1ccc(N2CCN3C(=O)NCC3C2)c(N)c1. The van der Waals surface area contributed by atoms with Crippen LogP contribution in [0.2, 0.25) is 0 Å². The van der Waals surface area contributed by atoms with E-state index >= 15 is 0 Å². The number of fused-ring (bicyclic) bond motifs is 1. The molecule has 1 unspecified atom stereocenters. The van der Waals surface area contributed by atoms with Gasteiger partial charge in [-0.2, -0.15) is 0 Å². The maximum atomic E-state index is 11.6. The third-order valence-corrected chi connectivity index (χ3v) is 4.02. The number of urea groups is 1. The molecule has 7 heteroatoms. The van der Waals surface area contributed by atoms with Crippen molar-refractivity contribution >= 4 is 23.4 Å². The van der Waals surface area contributed by atoms with Crippen LogP contribution in [-0.4, -0.2) is 56.2 Å². The summed E-state index contributed by atoms with van der Waals surface area (Å²) in [6.07, 6.45) is 0. The molecule has 0 aliphatic carbocycles. The average Bonchev–Trinajstić information content (AvgIpc) is 2.87. The first kappa shape index (κ1) is 13.5. The van der Waals surface area contributed by atoms with Crippen LogP contribution in [0.25, 0.3) is 0 Å². The van der Waals surface area contributed by atoms with Crippen LogP contribution >= 0.6 is 0 Å². The molecule has 2 heterocycles. The quantitative estimate of drug-likeness (QED) is 0.603. The number of amides is 2. The summed E-state index contributed by atoms with van der Waals surface area (Å²) in [6, 6.07) is 5.36. The van der Waals surface area contributed by atoms with Crippen LogP contribution in [0.15, 0.2) is 18.2 Å². The van der Waals surface area contributed by atoms with Crippen LogP contribution in [0.1, 0.15) is 10.4 Å². The average molecular weight is 290 g/mol. The lowest BCUT2D eigenvalue weighted by atomic mass is 10.1. The molecule has 2 aliphatic rings. The number of anilines is 2. The number of hydrogen-bond donors (Lipinski definition) is 2. The third kappa shape index (κ3) is 2.35.